The molecule has 0 bridgehead atoms. The Morgan fingerprint density at radius 3 is 2.80 bits per heavy atom. The van der Waals surface area contributed by atoms with Crippen molar-refractivity contribution in [3.8, 4) is 5.75 Å². The van der Waals surface area contributed by atoms with E-state index < -0.39 is 0 Å². The van der Waals surface area contributed by atoms with Gasteiger partial charge in [0.05, 0.1) is 18.5 Å². The van der Waals surface area contributed by atoms with E-state index in [-0.39, 0.29) is 17.6 Å². The number of nitrogens with zero attached hydrogens (tertiary/aromatic N) is 2. The molecule has 128 valence electrons. The molecule has 1 unspecified atom stereocenters. The fraction of sp³-hybridized carbons (Fsp3) is 0.263. The lowest BCUT2D eigenvalue weighted by molar-refractivity contribution is -0.119. The number of anilines is 1. The number of benzene rings is 2. The Labute approximate surface area is 149 Å². The van der Waals surface area contributed by atoms with Gasteiger partial charge in [0.15, 0.2) is 0 Å². The summed E-state index contributed by atoms with van der Waals surface area (Å²) in [4.78, 5) is 13.6. The predicted molar refractivity (Wildman–Crippen MR) is 96.9 cm³/mol. The molecule has 0 aliphatic carbocycles. The quantitative estimate of drug-likeness (QED) is 0.814. The number of amides is 1. The Balaban J connectivity index is 1.79. The van der Waals surface area contributed by atoms with Gasteiger partial charge in [-0.3, -0.25) is 4.79 Å². The number of halogens is 1. The summed E-state index contributed by atoms with van der Waals surface area (Å²) in [6, 6.07) is 12.0. The van der Waals surface area contributed by atoms with Gasteiger partial charge in [0.25, 0.3) is 0 Å². The Kier molecular flexibility index (Phi) is 4.21. The average Bonchev–Trinajstić information content (AvgIpc) is 2.80. The molecule has 6 heteroatoms. The van der Waals surface area contributed by atoms with E-state index in [1.165, 1.54) is 17.1 Å². The van der Waals surface area contributed by atoms with Crippen LogP contribution < -0.4 is 9.75 Å². The molecule has 2 heterocycles. The van der Waals surface area contributed by atoms with Crippen LogP contribution in [0.15, 0.2) is 52.5 Å². The summed E-state index contributed by atoms with van der Waals surface area (Å²) in [7, 11) is 1.60. The van der Waals surface area contributed by atoms with Crippen LogP contribution in [0.5, 0.6) is 5.75 Å². The van der Waals surface area contributed by atoms with Crippen LogP contribution in [0.2, 0.25) is 0 Å². The fourth-order valence-electron chi connectivity index (χ4n) is 3.22. The zero-order valence-corrected chi connectivity index (χ0v) is 14.6. The second-order valence-corrected chi connectivity index (χ2v) is 7.20. The zero-order chi connectivity index (χ0) is 17.4. The lowest BCUT2D eigenvalue weighted by atomic mass is 9.90. The molecule has 0 fully saturated rings. The highest BCUT2D eigenvalue weighted by atomic mass is 32.2. The Morgan fingerprint density at radius 1 is 1.24 bits per heavy atom. The first kappa shape index (κ1) is 16.1. The second kappa shape index (κ2) is 6.52. The summed E-state index contributed by atoms with van der Waals surface area (Å²) >= 11 is 1.69. The van der Waals surface area contributed by atoms with Crippen molar-refractivity contribution < 1.29 is 13.9 Å². The number of carbonyl (C=O) groups excluding carboxylic acids is 1. The molecule has 4 rings (SSSR count). The standard InChI is InChI=1S/C19H17FN2O2S/c1-24-15-5-3-14(4-6-15)22-18(23)10-12-8-9-25-17-7-2-13(20)11-16(17)19(12)21-22/h2-7,11-12H,8-10H2,1H3. The van der Waals surface area contributed by atoms with Crippen molar-refractivity contribution in [1.29, 1.82) is 0 Å². The smallest absolute Gasteiger partial charge is 0.248 e. The maximum absolute atomic E-state index is 13.8. The summed E-state index contributed by atoms with van der Waals surface area (Å²) < 4.78 is 19.0. The molecule has 0 radical (unpaired) electrons. The van der Waals surface area contributed by atoms with Crippen LogP contribution in [0.1, 0.15) is 18.4 Å². The number of thioether (sulfide) groups is 1. The largest absolute Gasteiger partial charge is 0.497 e. The van der Waals surface area contributed by atoms with E-state index in [2.05, 4.69) is 5.10 Å². The first-order valence-corrected chi connectivity index (χ1v) is 9.12. The molecule has 0 N–H and O–H groups in total. The van der Waals surface area contributed by atoms with Gasteiger partial charge in [-0.2, -0.15) is 5.10 Å². The highest BCUT2D eigenvalue weighted by Gasteiger charge is 2.33. The van der Waals surface area contributed by atoms with E-state index in [4.69, 9.17) is 4.74 Å². The highest BCUT2D eigenvalue weighted by Crippen LogP contribution is 2.37. The van der Waals surface area contributed by atoms with Gasteiger partial charge in [0, 0.05) is 22.8 Å². The molecule has 4 nitrogen and oxygen atoms in total. The average molecular weight is 356 g/mol. The first-order chi connectivity index (χ1) is 12.2. The molecular formula is C19H17FN2O2S. The Hall–Kier alpha value is -2.34. The number of hydrogen-bond donors (Lipinski definition) is 0. The normalized spacial score (nSPS) is 19.6. The maximum Gasteiger partial charge on any atom is 0.248 e. The zero-order valence-electron chi connectivity index (χ0n) is 13.7. The van der Waals surface area contributed by atoms with Gasteiger partial charge in [0.2, 0.25) is 5.91 Å². The Bertz CT molecular complexity index is 851. The molecule has 2 aliphatic heterocycles. The van der Waals surface area contributed by atoms with Crippen molar-refractivity contribution in [2.45, 2.75) is 17.7 Å². The minimum absolute atomic E-state index is 0.0382. The van der Waals surface area contributed by atoms with Crippen molar-refractivity contribution in [3.63, 3.8) is 0 Å². The second-order valence-electron chi connectivity index (χ2n) is 6.07. The third kappa shape index (κ3) is 3.02. The van der Waals surface area contributed by atoms with E-state index in [0.29, 0.717) is 12.1 Å². The maximum atomic E-state index is 13.8. The molecule has 2 aromatic carbocycles. The summed E-state index contributed by atoms with van der Waals surface area (Å²) in [5.74, 6) is 1.34. The van der Waals surface area contributed by atoms with Crippen LogP contribution in [0, 0.1) is 11.7 Å². The predicted octanol–water partition coefficient (Wildman–Crippen LogP) is 4.09. The summed E-state index contributed by atoms with van der Waals surface area (Å²) in [6.07, 6.45) is 1.25. The molecule has 2 aliphatic rings. The number of methoxy groups -OCH3 is 1. The fourth-order valence-corrected chi connectivity index (χ4v) is 4.32. The highest BCUT2D eigenvalue weighted by molar-refractivity contribution is 7.99. The van der Waals surface area contributed by atoms with E-state index >= 15 is 0 Å². The monoisotopic (exact) mass is 356 g/mol. The number of hydrogen-bond acceptors (Lipinski definition) is 4. The number of hydrazone groups is 1. The van der Waals surface area contributed by atoms with E-state index in [0.717, 1.165) is 34.1 Å². The van der Waals surface area contributed by atoms with Gasteiger partial charge in [-0.1, -0.05) is 0 Å². The van der Waals surface area contributed by atoms with Crippen LogP contribution in [-0.4, -0.2) is 24.5 Å². The molecular weight excluding hydrogens is 339 g/mol. The number of fused-ring (bicyclic) bond motifs is 3. The lowest BCUT2D eigenvalue weighted by Gasteiger charge is -2.29. The summed E-state index contributed by atoms with van der Waals surface area (Å²) in [6.45, 7) is 0. The summed E-state index contributed by atoms with van der Waals surface area (Å²) in [5.41, 5.74) is 2.29. The lowest BCUT2D eigenvalue weighted by Crippen LogP contribution is -2.37. The van der Waals surface area contributed by atoms with Crippen molar-refractivity contribution in [3.05, 3.63) is 53.8 Å². The SMILES string of the molecule is COc1ccc(N2N=C3c4cc(F)ccc4SCCC3CC2=O)cc1. The topological polar surface area (TPSA) is 41.9 Å². The van der Waals surface area contributed by atoms with Crippen molar-refractivity contribution in [2.24, 2.45) is 11.0 Å². The van der Waals surface area contributed by atoms with Gasteiger partial charge in [-0.25, -0.2) is 9.40 Å². The minimum atomic E-state index is -0.282. The number of carbonyl (C=O) groups is 1. The summed E-state index contributed by atoms with van der Waals surface area (Å²) in [5, 5.41) is 6.06. The van der Waals surface area contributed by atoms with Crippen molar-refractivity contribution in [1.82, 2.24) is 0 Å². The third-order valence-electron chi connectivity index (χ3n) is 4.51. The van der Waals surface area contributed by atoms with Gasteiger partial charge >= 0.3 is 0 Å². The van der Waals surface area contributed by atoms with E-state index in [1.807, 2.05) is 0 Å². The van der Waals surface area contributed by atoms with Crippen LogP contribution in [-0.2, 0) is 4.79 Å². The van der Waals surface area contributed by atoms with Gasteiger partial charge in [0.1, 0.15) is 11.6 Å². The molecule has 1 amide bonds. The molecule has 0 saturated carbocycles. The third-order valence-corrected chi connectivity index (χ3v) is 5.62. The molecule has 2 aromatic rings. The van der Waals surface area contributed by atoms with Crippen LogP contribution in [0.25, 0.3) is 0 Å². The number of rotatable bonds is 2. The number of ether oxygens (including phenoxy) is 1. The molecule has 0 spiro atoms. The van der Waals surface area contributed by atoms with Gasteiger partial charge in [-0.05, 0) is 54.6 Å². The van der Waals surface area contributed by atoms with Gasteiger partial charge in [-0.15, -0.1) is 11.8 Å². The first-order valence-electron chi connectivity index (χ1n) is 8.14. The minimum Gasteiger partial charge on any atom is -0.497 e. The molecule has 0 aromatic heterocycles. The van der Waals surface area contributed by atoms with E-state index in [1.54, 1.807) is 49.2 Å². The van der Waals surface area contributed by atoms with Crippen LogP contribution in [0.3, 0.4) is 0 Å². The molecule has 25 heavy (non-hydrogen) atoms. The van der Waals surface area contributed by atoms with Gasteiger partial charge < -0.3 is 4.74 Å². The molecule has 1 atom stereocenters. The van der Waals surface area contributed by atoms with Crippen LogP contribution >= 0.6 is 11.8 Å². The molecule has 0 saturated heterocycles. The van der Waals surface area contributed by atoms with Crippen molar-refractivity contribution in [2.75, 3.05) is 17.9 Å². The Morgan fingerprint density at radius 2 is 2.04 bits per heavy atom. The van der Waals surface area contributed by atoms with Crippen LogP contribution in [0.4, 0.5) is 10.1 Å². The van der Waals surface area contributed by atoms with E-state index in [9.17, 15) is 9.18 Å². The van der Waals surface area contributed by atoms with Crippen molar-refractivity contribution >= 4 is 29.1 Å².